The van der Waals surface area contributed by atoms with E-state index in [1.165, 1.54) is 0 Å². The van der Waals surface area contributed by atoms with Gasteiger partial charge in [-0.25, -0.2) is 0 Å². The minimum atomic E-state index is -0.576. The quantitative estimate of drug-likeness (QED) is 0.620. The molecule has 0 fully saturated rings. The molecule has 0 bridgehead atoms. The van der Waals surface area contributed by atoms with Crippen LogP contribution in [0.15, 0.2) is 0 Å². The largest absolute Gasteiger partial charge is 0.345 e. The van der Waals surface area contributed by atoms with E-state index in [-0.39, 0.29) is 5.91 Å². The maximum absolute atomic E-state index is 11.2. The lowest BCUT2D eigenvalue weighted by atomic mass is 10.2. The molecule has 0 rings (SSSR count). The maximum atomic E-state index is 11.2. The van der Waals surface area contributed by atoms with Crippen molar-refractivity contribution in [3.05, 3.63) is 0 Å². The van der Waals surface area contributed by atoms with Gasteiger partial charge in [-0.05, 0) is 25.4 Å². The van der Waals surface area contributed by atoms with Crippen LogP contribution < -0.4 is 11.1 Å². The number of nitrogens with two attached hydrogens (primary N) is 1. The fourth-order valence-electron chi connectivity index (χ4n) is 0.726. The summed E-state index contributed by atoms with van der Waals surface area (Å²) < 4.78 is 0. The van der Waals surface area contributed by atoms with Gasteiger partial charge in [0.05, 0.1) is 12.1 Å². The number of amides is 1. The standard InChI is InChI=1S/C8H15N2O2S/c1-6(5-11)10-8(12)7(9)3-4-13-2/h6-7H,3-4,9H2,1-2H3,(H,10,12). The van der Waals surface area contributed by atoms with Gasteiger partial charge in [-0.2, -0.15) is 11.8 Å². The molecule has 1 radical (unpaired) electrons. The predicted octanol–water partition coefficient (Wildman–Crippen LogP) is -0.319. The van der Waals surface area contributed by atoms with Crippen molar-refractivity contribution in [3.63, 3.8) is 0 Å². The Morgan fingerprint density at radius 1 is 1.69 bits per heavy atom. The maximum Gasteiger partial charge on any atom is 0.237 e. The van der Waals surface area contributed by atoms with E-state index in [9.17, 15) is 9.59 Å². The number of rotatable bonds is 6. The number of hydrogen-bond acceptors (Lipinski definition) is 4. The Bertz CT molecular complexity index is 176. The van der Waals surface area contributed by atoms with Crippen molar-refractivity contribution in [1.29, 1.82) is 0 Å². The van der Waals surface area contributed by atoms with Crippen molar-refractivity contribution in [2.24, 2.45) is 5.73 Å². The van der Waals surface area contributed by atoms with E-state index in [1.54, 1.807) is 25.0 Å². The molecule has 5 heteroatoms. The molecule has 13 heavy (non-hydrogen) atoms. The number of thioether (sulfide) groups is 1. The highest BCUT2D eigenvalue weighted by Crippen LogP contribution is 1.98. The van der Waals surface area contributed by atoms with E-state index in [4.69, 9.17) is 5.73 Å². The average molecular weight is 203 g/mol. The van der Waals surface area contributed by atoms with E-state index in [0.717, 1.165) is 5.75 Å². The van der Waals surface area contributed by atoms with Crippen LogP contribution in [-0.2, 0) is 9.59 Å². The van der Waals surface area contributed by atoms with E-state index in [1.807, 2.05) is 6.26 Å². The third kappa shape index (κ3) is 5.65. The molecule has 4 nitrogen and oxygen atoms in total. The first kappa shape index (κ1) is 12.4. The fraction of sp³-hybridized carbons (Fsp3) is 0.750. The summed E-state index contributed by atoms with van der Waals surface area (Å²) >= 11 is 1.63. The third-order valence-electron chi connectivity index (χ3n) is 1.51. The molecule has 0 aromatic carbocycles. The fourth-order valence-corrected chi connectivity index (χ4v) is 1.22. The molecular weight excluding hydrogens is 188 g/mol. The third-order valence-corrected chi connectivity index (χ3v) is 2.15. The van der Waals surface area contributed by atoms with E-state index >= 15 is 0 Å². The van der Waals surface area contributed by atoms with E-state index in [2.05, 4.69) is 5.32 Å². The summed E-state index contributed by atoms with van der Waals surface area (Å²) in [6.45, 7) is 1.56. The smallest absolute Gasteiger partial charge is 0.237 e. The van der Waals surface area contributed by atoms with Crippen molar-refractivity contribution in [1.82, 2.24) is 5.32 Å². The Labute approximate surface area is 82.6 Å². The van der Waals surface area contributed by atoms with Crippen molar-refractivity contribution in [3.8, 4) is 0 Å². The first-order chi connectivity index (χ1) is 6.11. The molecular formula is C8H15N2O2S. The molecule has 1 amide bonds. The molecule has 0 aromatic heterocycles. The molecule has 0 saturated carbocycles. The lowest BCUT2D eigenvalue weighted by Gasteiger charge is -2.12. The summed E-state index contributed by atoms with van der Waals surface area (Å²) in [6, 6.07) is -1.10. The van der Waals surface area contributed by atoms with Crippen LogP contribution in [-0.4, -0.2) is 36.3 Å². The van der Waals surface area contributed by atoms with Gasteiger partial charge in [-0.1, -0.05) is 0 Å². The van der Waals surface area contributed by atoms with Gasteiger partial charge in [0.2, 0.25) is 12.2 Å². The summed E-state index contributed by atoms with van der Waals surface area (Å²) in [5.74, 6) is 0.554. The van der Waals surface area contributed by atoms with Crippen molar-refractivity contribution in [2.75, 3.05) is 12.0 Å². The molecule has 0 aromatic rings. The molecule has 0 aliphatic carbocycles. The molecule has 75 valence electrons. The normalized spacial score (nSPS) is 14.7. The highest BCUT2D eigenvalue weighted by atomic mass is 32.2. The summed E-state index contributed by atoms with van der Waals surface area (Å²) in [5.41, 5.74) is 5.55. The van der Waals surface area contributed by atoms with Gasteiger partial charge >= 0.3 is 0 Å². The van der Waals surface area contributed by atoms with Gasteiger partial charge in [-0.15, -0.1) is 0 Å². The second-order valence-corrected chi connectivity index (χ2v) is 3.72. The van der Waals surface area contributed by atoms with Crippen LogP contribution in [0.1, 0.15) is 13.3 Å². The van der Waals surface area contributed by atoms with Crippen LogP contribution in [0.5, 0.6) is 0 Å². The van der Waals surface area contributed by atoms with Gasteiger partial charge in [0.25, 0.3) is 0 Å². The van der Waals surface area contributed by atoms with Gasteiger partial charge < -0.3 is 11.1 Å². The second-order valence-electron chi connectivity index (χ2n) is 2.74. The molecule has 0 heterocycles. The monoisotopic (exact) mass is 203 g/mol. The van der Waals surface area contributed by atoms with Crippen LogP contribution in [0.3, 0.4) is 0 Å². The van der Waals surface area contributed by atoms with Crippen LogP contribution in [0.4, 0.5) is 0 Å². The molecule has 0 aliphatic rings. The first-order valence-corrected chi connectivity index (χ1v) is 5.43. The Balaban J connectivity index is 3.75. The molecule has 2 unspecified atom stereocenters. The minimum absolute atomic E-state index is 0.287. The molecule has 0 spiro atoms. The van der Waals surface area contributed by atoms with Crippen molar-refractivity contribution in [2.45, 2.75) is 25.4 Å². The lowest BCUT2D eigenvalue weighted by molar-refractivity contribution is -0.122. The summed E-state index contributed by atoms with van der Waals surface area (Å²) in [7, 11) is 0. The summed E-state index contributed by atoms with van der Waals surface area (Å²) in [5, 5.41) is 2.44. The minimum Gasteiger partial charge on any atom is -0.345 e. The Morgan fingerprint density at radius 2 is 2.31 bits per heavy atom. The number of carbonyl (C=O) groups excluding carboxylic acids is 2. The molecule has 0 aliphatic heterocycles. The Kier molecular flexibility index (Phi) is 6.62. The zero-order valence-electron chi connectivity index (χ0n) is 7.87. The van der Waals surface area contributed by atoms with E-state index in [0.29, 0.717) is 6.42 Å². The Morgan fingerprint density at radius 3 is 2.77 bits per heavy atom. The average Bonchev–Trinajstić information content (AvgIpc) is 2.13. The topological polar surface area (TPSA) is 72.2 Å². The zero-order valence-corrected chi connectivity index (χ0v) is 8.69. The lowest BCUT2D eigenvalue weighted by Crippen LogP contribution is -2.45. The highest BCUT2D eigenvalue weighted by Gasteiger charge is 2.14. The highest BCUT2D eigenvalue weighted by molar-refractivity contribution is 7.98. The van der Waals surface area contributed by atoms with Gasteiger partial charge in [0.1, 0.15) is 0 Å². The van der Waals surface area contributed by atoms with Gasteiger partial charge in [-0.3, -0.25) is 9.59 Å². The number of hydrogen-bond donors (Lipinski definition) is 2. The number of nitrogens with one attached hydrogen (secondary N) is 1. The molecule has 2 atom stereocenters. The van der Waals surface area contributed by atoms with Crippen LogP contribution in [0.25, 0.3) is 0 Å². The number of carbonyl (C=O) groups is 1. The van der Waals surface area contributed by atoms with Crippen LogP contribution >= 0.6 is 11.8 Å². The van der Waals surface area contributed by atoms with E-state index < -0.39 is 12.1 Å². The van der Waals surface area contributed by atoms with Crippen LogP contribution in [0.2, 0.25) is 0 Å². The van der Waals surface area contributed by atoms with Crippen molar-refractivity contribution >= 4 is 24.0 Å². The first-order valence-electron chi connectivity index (χ1n) is 4.04. The van der Waals surface area contributed by atoms with Crippen molar-refractivity contribution < 1.29 is 9.59 Å². The zero-order chi connectivity index (χ0) is 10.3. The molecule has 3 N–H and O–H groups in total. The van der Waals surface area contributed by atoms with Gasteiger partial charge in [0, 0.05) is 0 Å². The summed E-state index contributed by atoms with van der Waals surface area (Å²) in [4.78, 5) is 21.3. The SMILES string of the molecule is CSCCC(N)C(=O)NC(C)[C]=O. The Hall–Kier alpha value is -0.550. The molecule has 0 saturated heterocycles. The van der Waals surface area contributed by atoms with Gasteiger partial charge in [0.15, 0.2) is 0 Å². The summed E-state index contributed by atoms with van der Waals surface area (Å²) in [6.07, 6.45) is 4.24. The second kappa shape index (κ2) is 6.91. The van der Waals surface area contributed by atoms with Crippen LogP contribution in [0, 0.1) is 0 Å². The predicted molar refractivity (Wildman–Crippen MR) is 54.3 cm³/mol.